The zero-order valence-corrected chi connectivity index (χ0v) is 28.1. The number of aromatic nitrogens is 5. The van der Waals surface area contributed by atoms with Crippen LogP contribution in [0.2, 0.25) is 0 Å². The smallest absolute Gasteiger partial charge is 0.164 e. The summed E-state index contributed by atoms with van der Waals surface area (Å²) in [5, 5.41) is 4.94. The molecule has 10 rings (SSSR count). The summed E-state index contributed by atoms with van der Waals surface area (Å²) in [7, 11) is 0. The fourth-order valence-corrected chi connectivity index (χ4v) is 7.72. The molecule has 0 spiro atoms. The third kappa shape index (κ3) is 4.89. The lowest BCUT2D eigenvalue weighted by Gasteiger charge is -2.18. The van der Waals surface area contributed by atoms with Crippen LogP contribution in [-0.2, 0) is 0 Å². The molecule has 5 nitrogen and oxygen atoms in total. The van der Waals surface area contributed by atoms with Crippen molar-refractivity contribution in [3.63, 3.8) is 0 Å². The summed E-state index contributed by atoms with van der Waals surface area (Å²) in [6, 6.07) is 51.3. The predicted molar refractivity (Wildman–Crippen MR) is 211 cm³/mol. The zero-order chi connectivity index (χ0) is 33.9. The summed E-state index contributed by atoms with van der Waals surface area (Å²) in [4.78, 5) is 15.0. The van der Waals surface area contributed by atoms with E-state index in [0.29, 0.717) is 23.4 Å². The Balaban J connectivity index is 1.22. The molecule has 0 radical (unpaired) electrons. The molecule has 0 saturated heterocycles. The van der Waals surface area contributed by atoms with Gasteiger partial charge >= 0.3 is 0 Å². The second-order valence-corrected chi connectivity index (χ2v) is 13.4. The van der Waals surface area contributed by atoms with Crippen LogP contribution >= 0.6 is 0 Å². The van der Waals surface area contributed by atoms with Crippen LogP contribution in [0, 0.1) is 5.92 Å². The van der Waals surface area contributed by atoms with Gasteiger partial charge in [-0.2, -0.15) is 0 Å². The summed E-state index contributed by atoms with van der Waals surface area (Å²) < 4.78 is 4.86. The van der Waals surface area contributed by atoms with Crippen LogP contribution < -0.4 is 0 Å². The van der Waals surface area contributed by atoms with Gasteiger partial charge in [0.25, 0.3) is 0 Å². The van der Waals surface area contributed by atoms with E-state index < -0.39 is 0 Å². The molecule has 9 aromatic rings. The largest absolute Gasteiger partial charge is 0.313 e. The predicted octanol–water partition coefficient (Wildman–Crippen LogP) is 11.5. The Morgan fingerprint density at radius 3 is 1.59 bits per heavy atom. The first kappa shape index (κ1) is 29.3. The average molecular weight is 656 g/mol. The van der Waals surface area contributed by atoms with Gasteiger partial charge in [0.1, 0.15) is 0 Å². The number of allylic oxidation sites excluding steroid dienone is 4. The first-order valence-electron chi connectivity index (χ1n) is 17.5. The summed E-state index contributed by atoms with van der Waals surface area (Å²) in [5.74, 6) is 2.40. The fraction of sp³-hybridized carbons (Fsp3) is 0.0652. The Labute approximate surface area is 295 Å². The van der Waals surface area contributed by atoms with E-state index in [4.69, 9.17) is 15.0 Å². The highest BCUT2D eigenvalue weighted by Gasteiger charge is 2.20. The van der Waals surface area contributed by atoms with Crippen LogP contribution in [0.5, 0.6) is 0 Å². The molecule has 1 aliphatic carbocycles. The second-order valence-electron chi connectivity index (χ2n) is 13.4. The van der Waals surface area contributed by atoms with Gasteiger partial charge in [0.2, 0.25) is 0 Å². The van der Waals surface area contributed by atoms with Crippen LogP contribution in [0.1, 0.15) is 13.3 Å². The summed E-state index contributed by atoms with van der Waals surface area (Å²) in [5.41, 5.74) is 10.0. The standard InChI is InChI=1S/C46H33N5/c1-30-13-12-18-34(27-30)51-42-28-33(46-48-44(31-14-4-2-5-15-31)47-45(49-46)32-16-6-3-7-17-32)23-25-38(42)39-26-24-35(29-43(39)51)50-40-21-10-8-19-36(40)37-20-9-11-22-41(37)50/h2-26,28-30H,27H2,1H3. The molecule has 5 heteroatoms. The van der Waals surface area contributed by atoms with Crippen molar-refractivity contribution in [2.24, 2.45) is 5.92 Å². The molecule has 51 heavy (non-hydrogen) atoms. The number of rotatable bonds is 5. The molecule has 1 aliphatic rings. The van der Waals surface area contributed by atoms with Gasteiger partial charge in [-0.3, -0.25) is 0 Å². The Kier molecular flexibility index (Phi) is 6.78. The average Bonchev–Trinajstić information content (AvgIpc) is 3.70. The molecule has 0 saturated carbocycles. The van der Waals surface area contributed by atoms with Crippen LogP contribution in [0.25, 0.3) is 89.2 Å². The lowest BCUT2D eigenvalue weighted by molar-refractivity contribution is 0.730. The number of benzene rings is 6. The topological polar surface area (TPSA) is 48.5 Å². The van der Waals surface area contributed by atoms with Gasteiger partial charge in [-0.25, -0.2) is 15.0 Å². The lowest BCUT2D eigenvalue weighted by atomic mass is 10.00. The van der Waals surface area contributed by atoms with E-state index in [1.807, 2.05) is 60.7 Å². The second kappa shape index (κ2) is 11.8. The maximum Gasteiger partial charge on any atom is 0.164 e. The molecule has 0 bridgehead atoms. The van der Waals surface area contributed by atoms with Gasteiger partial charge in [0.15, 0.2) is 17.5 Å². The number of nitrogens with zero attached hydrogens (tertiary/aromatic N) is 5. The molecule has 0 fully saturated rings. The van der Waals surface area contributed by atoms with Crippen molar-refractivity contribution >= 4 is 49.3 Å². The van der Waals surface area contributed by atoms with Crippen LogP contribution in [0.4, 0.5) is 0 Å². The fourth-order valence-electron chi connectivity index (χ4n) is 7.72. The van der Waals surface area contributed by atoms with E-state index in [-0.39, 0.29) is 0 Å². The van der Waals surface area contributed by atoms with Crippen molar-refractivity contribution < 1.29 is 0 Å². The molecular weight excluding hydrogens is 623 g/mol. The normalized spacial score (nSPS) is 14.5. The van der Waals surface area contributed by atoms with E-state index in [0.717, 1.165) is 34.3 Å². The molecule has 0 aliphatic heterocycles. The van der Waals surface area contributed by atoms with Gasteiger partial charge in [0, 0.05) is 49.6 Å². The molecule has 0 amide bonds. The molecule has 6 aromatic carbocycles. The van der Waals surface area contributed by atoms with Crippen molar-refractivity contribution in [1.29, 1.82) is 0 Å². The van der Waals surface area contributed by atoms with Crippen LogP contribution in [0.3, 0.4) is 0 Å². The van der Waals surface area contributed by atoms with Gasteiger partial charge in [-0.05, 0) is 48.7 Å². The monoisotopic (exact) mass is 655 g/mol. The Morgan fingerprint density at radius 1 is 0.471 bits per heavy atom. The zero-order valence-electron chi connectivity index (χ0n) is 28.1. The Morgan fingerprint density at radius 2 is 0.980 bits per heavy atom. The molecule has 3 heterocycles. The van der Waals surface area contributed by atoms with Crippen LogP contribution in [0.15, 0.2) is 164 Å². The van der Waals surface area contributed by atoms with E-state index in [2.05, 4.69) is 119 Å². The third-order valence-electron chi connectivity index (χ3n) is 10.1. The van der Waals surface area contributed by atoms with Crippen LogP contribution in [-0.4, -0.2) is 24.1 Å². The maximum atomic E-state index is 5.06. The minimum Gasteiger partial charge on any atom is -0.313 e. The molecule has 3 aromatic heterocycles. The highest BCUT2D eigenvalue weighted by atomic mass is 15.0. The van der Waals surface area contributed by atoms with E-state index in [9.17, 15) is 0 Å². The Hall–Kier alpha value is -6.59. The van der Waals surface area contributed by atoms with E-state index in [1.54, 1.807) is 0 Å². The summed E-state index contributed by atoms with van der Waals surface area (Å²) in [6.07, 6.45) is 7.70. The number of fused-ring (bicyclic) bond motifs is 6. The number of para-hydroxylation sites is 2. The summed E-state index contributed by atoms with van der Waals surface area (Å²) in [6.45, 7) is 2.29. The first-order chi connectivity index (χ1) is 25.2. The quantitative estimate of drug-likeness (QED) is 0.185. The molecule has 1 unspecified atom stereocenters. The molecule has 0 N–H and O–H groups in total. The highest BCUT2D eigenvalue weighted by Crippen LogP contribution is 2.39. The van der Waals surface area contributed by atoms with E-state index >= 15 is 0 Å². The van der Waals surface area contributed by atoms with Crippen molar-refractivity contribution in [2.45, 2.75) is 13.3 Å². The number of hydrogen-bond acceptors (Lipinski definition) is 3. The van der Waals surface area contributed by atoms with Gasteiger partial charge in [0.05, 0.1) is 22.1 Å². The minimum atomic E-state index is 0.437. The SMILES string of the molecule is CC1C=CC=C(n2c3cc(-c4nc(-c5ccccc5)nc(-c5ccccc5)n4)ccc3c3ccc(-n4c5ccccc5c5ccccc54)cc32)C1. The first-order valence-corrected chi connectivity index (χ1v) is 17.5. The molecular formula is C46H33N5. The highest BCUT2D eigenvalue weighted by molar-refractivity contribution is 6.13. The lowest BCUT2D eigenvalue weighted by Crippen LogP contribution is -2.05. The van der Waals surface area contributed by atoms with Crippen molar-refractivity contribution in [3.05, 3.63) is 164 Å². The van der Waals surface area contributed by atoms with Crippen molar-refractivity contribution in [1.82, 2.24) is 24.1 Å². The van der Waals surface area contributed by atoms with Crippen molar-refractivity contribution in [3.8, 4) is 39.9 Å². The third-order valence-corrected chi connectivity index (χ3v) is 10.1. The van der Waals surface area contributed by atoms with Crippen molar-refractivity contribution in [2.75, 3.05) is 0 Å². The van der Waals surface area contributed by atoms with E-state index in [1.165, 1.54) is 43.8 Å². The molecule has 242 valence electrons. The van der Waals surface area contributed by atoms with Gasteiger partial charge in [-0.1, -0.05) is 134 Å². The molecule has 1 atom stereocenters. The van der Waals surface area contributed by atoms with Gasteiger partial charge < -0.3 is 9.13 Å². The summed E-state index contributed by atoms with van der Waals surface area (Å²) >= 11 is 0. The maximum absolute atomic E-state index is 5.06. The Bertz CT molecular complexity index is 2730. The van der Waals surface area contributed by atoms with Gasteiger partial charge in [-0.15, -0.1) is 0 Å². The minimum absolute atomic E-state index is 0.437. The number of hydrogen-bond donors (Lipinski definition) is 0.